The van der Waals surface area contributed by atoms with Crippen LogP contribution in [0, 0.1) is 0 Å². The monoisotopic (exact) mass is 308 g/mol. The summed E-state index contributed by atoms with van der Waals surface area (Å²) >= 11 is 1.44. The Labute approximate surface area is 126 Å². The zero-order chi connectivity index (χ0) is 15.1. The third kappa shape index (κ3) is 4.83. The lowest BCUT2D eigenvalue weighted by Gasteiger charge is -2.15. The fraction of sp³-hybridized carbons (Fsp3) is 0.385. The molecule has 21 heavy (non-hydrogen) atoms. The van der Waals surface area contributed by atoms with Gasteiger partial charge in [0.1, 0.15) is 6.04 Å². The average Bonchev–Trinajstić information content (AvgIpc) is 2.98. The highest BCUT2D eigenvalue weighted by molar-refractivity contribution is 8.14. The summed E-state index contributed by atoms with van der Waals surface area (Å²) in [6, 6.07) is 2.46. The normalized spacial score (nSPS) is 15.2. The third-order valence-electron chi connectivity index (χ3n) is 2.76. The van der Waals surface area contributed by atoms with Gasteiger partial charge in [0.25, 0.3) is 5.91 Å². The van der Waals surface area contributed by atoms with E-state index < -0.39 is 18.6 Å². The quantitative estimate of drug-likeness (QED) is 0.669. The summed E-state index contributed by atoms with van der Waals surface area (Å²) < 4.78 is 0. The first-order valence-corrected chi connectivity index (χ1v) is 7.45. The summed E-state index contributed by atoms with van der Waals surface area (Å²) in [7, 11) is 0. The summed E-state index contributed by atoms with van der Waals surface area (Å²) in [5, 5.41) is 14.9. The first-order valence-electron chi connectivity index (χ1n) is 6.46. The van der Waals surface area contributed by atoms with Gasteiger partial charge in [-0.05, 0) is 17.7 Å². The zero-order valence-corrected chi connectivity index (χ0v) is 12.1. The van der Waals surface area contributed by atoms with Gasteiger partial charge in [-0.3, -0.25) is 19.6 Å². The average molecular weight is 308 g/mol. The van der Waals surface area contributed by atoms with Crippen molar-refractivity contribution >= 4 is 28.7 Å². The maximum Gasteiger partial charge on any atom is 0.250 e. The highest BCUT2D eigenvalue weighted by atomic mass is 32.2. The number of hydrogen-bond donors (Lipinski definition) is 3. The molecule has 3 N–H and O–H groups in total. The lowest BCUT2D eigenvalue weighted by Crippen LogP contribution is -2.50. The molecule has 0 bridgehead atoms. The molecule has 0 saturated heterocycles. The van der Waals surface area contributed by atoms with Crippen molar-refractivity contribution in [3.63, 3.8) is 0 Å². The second-order valence-corrected chi connectivity index (χ2v) is 5.44. The lowest BCUT2D eigenvalue weighted by atomic mass is 10.2. The molecule has 1 atom stereocenters. The standard InChI is InChI=1S/C13H16N4O3S/c18-8-10(12(20)17-13-15-5-6-21-13)16-11(19)7-9-1-3-14-4-2-9/h1-4,10,18H,5-8H2,(H,16,19)(H,15,17,20)/t10-/m0/s1. The molecule has 2 amide bonds. The van der Waals surface area contributed by atoms with Crippen molar-refractivity contribution in [3.8, 4) is 0 Å². The van der Waals surface area contributed by atoms with Crippen LogP contribution < -0.4 is 10.6 Å². The van der Waals surface area contributed by atoms with Gasteiger partial charge in [0.2, 0.25) is 5.91 Å². The molecule has 2 heterocycles. The molecule has 1 aliphatic rings. The predicted molar refractivity (Wildman–Crippen MR) is 79.9 cm³/mol. The molecular weight excluding hydrogens is 292 g/mol. The van der Waals surface area contributed by atoms with Gasteiger partial charge in [0.15, 0.2) is 5.17 Å². The van der Waals surface area contributed by atoms with E-state index in [9.17, 15) is 14.7 Å². The number of nitrogens with one attached hydrogen (secondary N) is 2. The molecule has 112 valence electrons. The fourth-order valence-corrected chi connectivity index (χ4v) is 2.46. The van der Waals surface area contributed by atoms with Crippen molar-refractivity contribution < 1.29 is 14.7 Å². The Kier molecular flexibility index (Phi) is 5.70. The molecule has 7 nitrogen and oxygen atoms in total. The van der Waals surface area contributed by atoms with Crippen molar-refractivity contribution in [2.45, 2.75) is 12.5 Å². The topological polar surface area (TPSA) is 104 Å². The molecule has 0 aliphatic carbocycles. The zero-order valence-electron chi connectivity index (χ0n) is 11.3. The number of pyridine rings is 1. The molecular formula is C13H16N4O3S. The van der Waals surface area contributed by atoms with Gasteiger partial charge in [-0.25, -0.2) is 0 Å². The van der Waals surface area contributed by atoms with Crippen molar-refractivity contribution in [1.82, 2.24) is 15.6 Å². The minimum Gasteiger partial charge on any atom is -0.394 e. The second-order valence-electron chi connectivity index (χ2n) is 4.36. The number of nitrogens with zero attached hydrogens (tertiary/aromatic N) is 2. The summed E-state index contributed by atoms with van der Waals surface area (Å²) in [5.41, 5.74) is 0.787. The number of carbonyl (C=O) groups excluding carboxylic acids is 2. The maximum atomic E-state index is 11.9. The van der Waals surface area contributed by atoms with Gasteiger partial charge >= 0.3 is 0 Å². The van der Waals surface area contributed by atoms with E-state index in [2.05, 4.69) is 20.6 Å². The Bertz CT molecular complexity index is 535. The molecule has 0 fully saturated rings. The van der Waals surface area contributed by atoms with E-state index in [0.717, 1.165) is 11.3 Å². The fourth-order valence-electron chi connectivity index (χ4n) is 1.73. The number of aliphatic hydroxyl groups is 1. The van der Waals surface area contributed by atoms with Gasteiger partial charge in [0, 0.05) is 18.1 Å². The largest absolute Gasteiger partial charge is 0.394 e. The summed E-state index contributed by atoms with van der Waals surface area (Å²) in [6.45, 7) is 0.199. The summed E-state index contributed by atoms with van der Waals surface area (Å²) in [5.74, 6) is 0.0264. The van der Waals surface area contributed by atoms with Gasteiger partial charge < -0.3 is 15.7 Å². The van der Waals surface area contributed by atoms with Crippen LogP contribution in [0.4, 0.5) is 0 Å². The van der Waals surface area contributed by atoms with Crippen LogP contribution in [0.5, 0.6) is 0 Å². The van der Waals surface area contributed by atoms with Gasteiger partial charge in [0.05, 0.1) is 19.6 Å². The Morgan fingerprint density at radius 2 is 2.14 bits per heavy atom. The Hall–Kier alpha value is -1.93. The van der Waals surface area contributed by atoms with E-state index in [-0.39, 0.29) is 12.3 Å². The number of thioether (sulfide) groups is 1. The number of aliphatic hydroxyl groups excluding tert-OH is 1. The van der Waals surface area contributed by atoms with Crippen LogP contribution in [-0.2, 0) is 16.0 Å². The number of amidine groups is 1. The van der Waals surface area contributed by atoms with E-state index in [1.807, 2.05) is 0 Å². The first kappa shape index (κ1) is 15.5. The van der Waals surface area contributed by atoms with Crippen molar-refractivity contribution in [1.29, 1.82) is 0 Å². The summed E-state index contributed by atoms with van der Waals surface area (Å²) in [6.07, 6.45) is 3.31. The van der Waals surface area contributed by atoms with Crippen molar-refractivity contribution in [3.05, 3.63) is 30.1 Å². The van der Waals surface area contributed by atoms with E-state index in [1.54, 1.807) is 24.5 Å². The van der Waals surface area contributed by atoms with E-state index in [1.165, 1.54) is 11.8 Å². The van der Waals surface area contributed by atoms with Crippen LogP contribution in [0.15, 0.2) is 29.5 Å². The highest BCUT2D eigenvalue weighted by Crippen LogP contribution is 2.08. The number of rotatable bonds is 5. The second kappa shape index (κ2) is 7.75. The Balaban J connectivity index is 1.86. The third-order valence-corrected chi connectivity index (χ3v) is 3.66. The number of hydrogen-bond acceptors (Lipinski definition) is 6. The summed E-state index contributed by atoms with van der Waals surface area (Å²) in [4.78, 5) is 31.7. The number of aliphatic imine (C=N–C) groups is 1. The molecule has 0 aromatic carbocycles. The molecule has 1 aliphatic heterocycles. The van der Waals surface area contributed by atoms with Crippen LogP contribution in [0.3, 0.4) is 0 Å². The van der Waals surface area contributed by atoms with Crippen LogP contribution in [0.2, 0.25) is 0 Å². The van der Waals surface area contributed by atoms with Crippen LogP contribution in [0.1, 0.15) is 5.56 Å². The lowest BCUT2D eigenvalue weighted by molar-refractivity contribution is -0.128. The number of amides is 2. The first-order chi connectivity index (χ1) is 10.2. The Morgan fingerprint density at radius 3 is 2.76 bits per heavy atom. The molecule has 0 radical (unpaired) electrons. The van der Waals surface area contributed by atoms with Crippen LogP contribution in [-0.4, -0.2) is 52.0 Å². The molecule has 0 spiro atoms. The molecule has 0 unspecified atom stereocenters. The van der Waals surface area contributed by atoms with Gasteiger partial charge in [-0.2, -0.15) is 0 Å². The minimum absolute atomic E-state index is 0.127. The smallest absolute Gasteiger partial charge is 0.250 e. The van der Waals surface area contributed by atoms with Crippen molar-refractivity contribution in [2.24, 2.45) is 4.99 Å². The minimum atomic E-state index is -0.983. The van der Waals surface area contributed by atoms with E-state index >= 15 is 0 Å². The number of aromatic nitrogens is 1. The van der Waals surface area contributed by atoms with Crippen LogP contribution >= 0.6 is 11.8 Å². The van der Waals surface area contributed by atoms with Crippen LogP contribution in [0.25, 0.3) is 0 Å². The molecule has 1 aromatic rings. The van der Waals surface area contributed by atoms with Crippen molar-refractivity contribution in [2.75, 3.05) is 18.9 Å². The number of carbonyl (C=O) groups is 2. The molecule has 0 saturated carbocycles. The predicted octanol–water partition coefficient (Wildman–Crippen LogP) is -0.680. The molecule has 2 rings (SSSR count). The highest BCUT2D eigenvalue weighted by Gasteiger charge is 2.22. The molecule has 1 aromatic heterocycles. The Morgan fingerprint density at radius 1 is 1.38 bits per heavy atom. The van der Waals surface area contributed by atoms with E-state index in [0.29, 0.717) is 11.7 Å². The van der Waals surface area contributed by atoms with Gasteiger partial charge in [-0.15, -0.1) is 0 Å². The SMILES string of the molecule is O=C(Cc1ccncc1)N[C@@H](CO)C(=O)NC1=NCCS1. The van der Waals surface area contributed by atoms with E-state index in [4.69, 9.17) is 0 Å². The molecule has 8 heteroatoms. The maximum absolute atomic E-state index is 11.9. The van der Waals surface area contributed by atoms with Gasteiger partial charge in [-0.1, -0.05) is 11.8 Å².